The third kappa shape index (κ3) is 1.68. The van der Waals surface area contributed by atoms with E-state index < -0.39 is 6.29 Å². The Morgan fingerprint density at radius 1 is 1.06 bits per heavy atom. The van der Waals surface area contributed by atoms with Crippen molar-refractivity contribution < 1.29 is 14.3 Å². The molecule has 3 heteroatoms. The highest BCUT2D eigenvalue weighted by Gasteiger charge is 2.36. The molecule has 1 aromatic carbocycles. The molecule has 2 aliphatic heterocycles. The summed E-state index contributed by atoms with van der Waals surface area (Å²) in [5.74, 6) is 0.0373. The number of ketones is 1. The summed E-state index contributed by atoms with van der Waals surface area (Å²) in [7, 11) is 0. The monoisotopic (exact) mass is 216 g/mol. The second kappa shape index (κ2) is 3.85. The van der Waals surface area contributed by atoms with Crippen molar-refractivity contribution in [2.24, 2.45) is 0 Å². The van der Waals surface area contributed by atoms with Crippen molar-refractivity contribution in [3.8, 4) is 0 Å². The van der Waals surface area contributed by atoms with Crippen LogP contribution in [0.3, 0.4) is 0 Å². The summed E-state index contributed by atoms with van der Waals surface area (Å²) in [5.41, 5.74) is 1.04. The molecule has 1 saturated heterocycles. The Labute approximate surface area is 93.7 Å². The van der Waals surface area contributed by atoms with E-state index in [-0.39, 0.29) is 18.0 Å². The zero-order chi connectivity index (χ0) is 11.0. The van der Waals surface area contributed by atoms with Crippen molar-refractivity contribution in [3.63, 3.8) is 0 Å². The summed E-state index contributed by atoms with van der Waals surface area (Å²) in [6.45, 7) is 0. The van der Waals surface area contributed by atoms with E-state index in [2.05, 4.69) is 0 Å². The van der Waals surface area contributed by atoms with Crippen LogP contribution in [0.5, 0.6) is 0 Å². The molecule has 3 nitrogen and oxygen atoms in total. The molecular weight excluding hydrogens is 204 g/mol. The standard InChI is InChI=1S/C13H12O3/c14-11-8-10-6-7-12(16-13(11)15-10)9-4-2-1-3-5-9/h1-7,10,12-13H,8H2/t10-,12+,13+/m1/s1. The summed E-state index contributed by atoms with van der Waals surface area (Å²) >= 11 is 0. The molecule has 16 heavy (non-hydrogen) atoms. The molecule has 0 saturated carbocycles. The Hall–Kier alpha value is -1.45. The highest BCUT2D eigenvalue weighted by atomic mass is 16.7. The van der Waals surface area contributed by atoms with Crippen LogP contribution < -0.4 is 0 Å². The first-order valence-electron chi connectivity index (χ1n) is 5.40. The summed E-state index contributed by atoms with van der Waals surface area (Å²) in [4.78, 5) is 11.5. The second-order valence-electron chi connectivity index (χ2n) is 4.03. The average Bonchev–Trinajstić information content (AvgIpc) is 2.53. The minimum atomic E-state index is -0.690. The quantitative estimate of drug-likeness (QED) is 0.673. The van der Waals surface area contributed by atoms with Crippen LogP contribution >= 0.6 is 0 Å². The fourth-order valence-corrected chi connectivity index (χ4v) is 2.03. The number of carbonyl (C=O) groups excluding carboxylic acids is 1. The predicted octanol–water partition coefficient (Wildman–Crippen LogP) is 2.00. The fourth-order valence-electron chi connectivity index (χ4n) is 2.03. The molecule has 3 atom stereocenters. The topological polar surface area (TPSA) is 35.5 Å². The van der Waals surface area contributed by atoms with Crippen LogP contribution in [0.25, 0.3) is 0 Å². The van der Waals surface area contributed by atoms with Gasteiger partial charge in [-0.2, -0.15) is 0 Å². The van der Waals surface area contributed by atoms with Crippen molar-refractivity contribution in [1.29, 1.82) is 0 Å². The lowest BCUT2D eigenvalue weighted by Gasteiger charge is -2.16. The summed E-state index contributed by atoms with van der Waals surface area (Å²) in [6, 6.07) is 9.84. The Balaban J connectivity index is 1.88. The fraction of sp³-hybridized carbons (Fsp3) is 0.308. The zero-order valence-corrected chi connectivity index (χ0v) is 8.71. The SMILES string of the molecule is O=C1C[C@H]2C=C[C@@H](c3ccccc3)O[C@@H]1O2. The van der Waals surface area contributed by atoms with Gasteiger partial charge in [-0.1, -0.05) is 42.5 Å². The third-order valence-corrected chi connectivity index (χ3v) is 2.86. The van der Waals surface area contributed by atoms with Gasteiger partial charge in [0.05, 0.1) is 6.10 Å². The van der Waals surface area contributed by atoms with E-state index in [9.17, 15) is 4.79 Å². The van der Waals surface area contributed by atoms with Gasteiger partial charge >= 0.3 is 0 Å². The summed E-state index contributed by atoms with van der Waals surface area (Å²) in [5, 5.41) is 0. The molecule has 0 unspecified atom stereocenters. The number of hydrogen-bond acceptors (Lipinski definition) is 3. The minimum absolute atomic E-state index is 0.0373. The molecule has 1 fully saturated rings. The van der Waals surface area contributed by atoms with Crippen molar-refractivity contribution >= 4 is 5.78 Å². The molecule has 0 radical (unpaired) electrons. The largest absolute Gasteiger partial charge is 0.338 e. The molecule has 0 aromatic heterocycles. The Bertz CT molecular complexity index is 424. The molecule has 0 spiro atoms. The van der Waals surface area contributed by atoms with Crippen LogP contribution in [0.1, 0.15) is 18.1 Å². The number of hydrogen-bond donors (Lipinski definition) is 0. The van der Waals surface area contributed by atoms with Gasteiger partial charge in [-0.05, 0) is 5.56 Å². The number of fused-ring (bicyclic) bond motifs is 2. The average molecular weight is 216 g/mol. The number of carbonyl (C=O) groups is 1. The van der Waals surface area contributed by atoms with Crippen molar-refractivity contribution in [2.75, 3.05) is 0 Å². The smallest absolute Gasteiger partial charge is 0.219 e. The molecule has 0 N–H and O–H groups in total. The molecule has 0 aliphatic carbocycles. The van der Waals surface area contributed by atoms with E-state index >= 15 is 0 Å². The van der Waals surface area contributed by atoms with Crippen LogP contribution in [0.2, 0.25) is 0 Å². The van der Waals surface area contributed by atoms with Crippen molar-refractivity contribution in [3.05, 3.63) is 48.0 Å². The summed E-state index contributed by atoms with van der Waals surface area (Å²) in [6.07, 6.45) is 3.34. The summed E-state index contributed by atoms with van der Waals surface area (Å²) < 4.78 is 11.1. The van der Waals surface area contributed by atoms with Gasteiger partial charge in [0.25, 0.3) is 0 Å². The molecule has 2 aliphatic rings. The molecule has 3 rings (SSSR count). The number of rotatable bonds is 1. The van der Waals surface area contributed by atoms with Gasteiger partial charge in [0.15, 0.2) is 5.78 Å². The van der Waals surface area contributed by atoms with Crippen LogP contribution in [0, 0.1) is 0 Å². The number of Topliss-reactive ketones (excluding diaryl/α,β-unsaturated/α-hetero) is 1. The third-order valence-electron chi connectivity index (χ3n) is 2.86. The van der Waals surface area contributed by atoms with Gasteiger partial charge in [-0.3, -0.25) is 4.79 Å². The maximum Gasteiger partial charge on any atom is 0.219 e. The molecule has 2 heterocycles. The lowest BCUT2D eigenvalue weighted by atomic mass is 10.1. The minimum Gasteiger partial charge on any atom is -0.338 e. The highest BCUT2D eigenvalue weighted by molar-refractivity contribution is 5.84. The van der Waals surface area contributed by atoms with Crippen LogP contribution in [-0.4, -0.2) is 18.2 Å². The lowest BCUT2D eigenvalue weighted by molar-refractivity contribution is -0.161. The van der Waals surface area contributed by atoms with E-state index in [1.54, 1.807) is 0 Å². The van der Waals surface area contributed by atoms with Crippen molar-refractivity contribution in [1.82, 2.24) is 0 Å². The second-order valence-corrected chi connectivity index (χ2v) is 4.03. The van der Waals surface area contributed by atoms with Gasteiger partial charge in [0.1, 0.15) is 6.10 Å². The highest BCUT2D eigenvalue weighted by Crippen LogP contribution is 2.30. The van der Waals surface area contributed by atoms with Gasteiger partial charge in [0, 0.05) is 6.42 Å². The van der Waals surface area contributed by atoms with Crippen LogP contribution in [-0.2, 0) is 14.3 Å². The first-order chi connectivity index (χ1) is 7.83. The van der Waals surface area contributed by atoms with E-state index in [1.165, 1.54) is 0 Å². The van der Waals surface area contributed by atoms with E-state index in [0.717, 1.165) is 5.56 Å². The molecule has 0 amide bonds. The maximum absolute atomic E-state index is 11.5. The molecular formula is C13H12O3. The predicted molar refractivity (Wildman–Crippen MR) is 57.7 cm³/mol. The van der Waals surface area contributed by atoms with E-state index in [1.807, 2.05) is 42.5 Å². The Morgan fingerprint density at radius 3 is 2.69 bits per heavy atom. The van der Waals surface area contributed by atoms with Crippen molar-refractivity contribution in [2.45, 2.75) is 24.9 Å². The molecule has 82 valence electrons. The Morgan fingerprint density at radius 2 is 1.88 bits per heavy atom. The first-order valence-corrected chi connectivity index (χ1v) is 5.40. The van der Waals surface area contributed by atoms with E-state index in [4.69, 9.17) is 9.47 Å². The van der Waals surface area contributed by atoms with Gasteiger partial charge in [-0.15, -0.1) is 0 Å². The van der Waals surface area contributed by atoms with Crippen LogP contribution in [0.4, 0.5) is 0 Å². The van der Waals surface area contributed by atoms with Gasteiger partial charge in [0.2, 0.25) is 6.29 Å². The molecule has 2 bridgehead atoms. The van der Waals surface area contributed by atoms with Gasteiger partial charge < -0.3 is 9.47 Å². The van der Waals surface area contributed by atoms with Crippen LogP contribution in [0.15, 0.2) is 42.5 Å². The normalized spacial score (nSPS) is 32.8. The number of ether oxygens (including phenoxy) is 2. The number of benzene rings is 1. The first kappa shape index (κ1) is 9.75. The zero-order valence-electron chi connectivity index (χ0n) is 8.71. The maximum atomic E-state index is 11.5. The molecule has 1 aromatic rings. The Kier molecular flexibility index (Phi) is 2.35. The lowest BCUT2D eigenvalue weighted by Crippen LogP contribution is -2.21. The van der Waals surface area contributed by atoms with E-state index in [0.29, 0.717) is 6.42 Å². The van der Waals surface area contributed by atoms with Gasteiger partial charge in [-0.25, -0.2) is 0 Å².